The van der Waals surface area contributed by atoms with Crippen molar-refractivity contribution >= 4 is 0 Å². The average Bonchev–Trinajstić information content (AvgIpc) is 2.43. The molecule has 3 N–H and O–H groups in total. The van der Waals surface area contributed by atoms with Crippen molar-refractivity contribution in [2.75, 3.05) is 19.8 Å². The second-order valence-electron chi connectivity index (χ2n) is 5.80. The molecule has 4 unspecified atom stereocenters. The smallest absolute Gasteiger partial charge is 0.0897 e. The highest BCUT2D eigenvalue weighted by molar-refractivity contribution is 4.75. The Balaban J connectivity index is 2.16. The van der Waals surface area contributed by atoms with Crippen molar-refractivity contribution in [3.8, 4) is 0 Å². The van der Waals surface area contributed by atoms with E-state index >= 15 is 0 Å². The summed E-state index contributed by atoms with van der Waals surface area (Å²) >= 11 is 0. The van der Waals surface area contributed by atoms with Crippen molar-refractivity contribution in [2.45, 2.75) is 70.6 Å². The Kier molecular flexibility index (Phi) is 8.62. The Labute approximate surface area is 117 Å². The van der Waals surface area contributed by atoms with Crippen LogP contribution in [0, 0.1) is 5.92 Å². The van der Waals surface area contributed by atoms with Crippen molar-refractivity contribution in [1.29, 1.82) is 0 Å². The summed E-state index contributed by atoms with van der Waals surface area (Å²) in [7, 11) is 0. The molecule has 0 aromatic carbocycles. The van der Waals surface area contributed by atoms with Crippen molar-refractivity contribution in [2.24, 2.45) is 5.92 Å². The van der Waals surface area contributed by atoms with E-state index in [9.17, 15) is 5.11 Å². The molecule has 0 aliphatic heterocycles. The normalized spacial score (nSPS) is 27.2. The second kappa shape index (κ2) is 9.70. The van der Waals surface area contributed by atoms with Crippen LogP contribution in [0.4, 0.5) is 0 Å². The zero-order valence-electron chi connectivity index (χ0n) is 12.5. The van der Waals surface area contributed by atoms with Crippen LogP contribution < -0.4 is 5.32 Å². The Morgan fingerprint density at radius 1 is 1.32 bits per heavy atom. The van der Waals surface area contributed by atoms with Crippen LogP contribution in [-0.2, 0) is 4.74 Å². The Bertz CT molecular complexity index is 225. The van der Waals surface area contributed by atoms with Crippen molar-refractivity contribution < 1.29 is 14.9 Å². The number of aliphatic hydroxyl groups is 2. The number of nitrogens with one attached hydrogen (secondary N) is 1. The first-order valence-electron chi connectivity index (χ1n) is 7.81. The largest absolute Gasteiger partial charge is 0.396 e. The maximum absolute atomic E-state index is 9.91. The van der Waals surface area contributed by atoms with Crippen molar-refractivity contribution in [1.82, 2.24) is 5.32 Å². The van der Waals surface area contributed by atoms with E-state index in [0.29, 0.717) is 31.6 Å². The van der Waals surface area contributed by atoms with Gasteiger partial charge in [-0.15, -0.1) is 0 Å². The molecule has 0 bridgehead atoms. The van der Waals surface area contributed by atoms with Crippen LogP contribution in [0.25, 0.3) is 0 Å². The fraction of sp³-hybridized carbons (Fsp3) is 1.00. The quantitative estimate of drug-likeness (QED) is 0.598. The zero-order valence-corrected chi connectivity index (χ0v) is 12.5. The van der Waals surface area contributed by atoms with E-state index in [0.717, 1.165) is 6.42 Å². The van der Waals surface area contributed by atoms with Crippen LogP contribution >= 0.6 is 0 Å². The summed E-state index contributed by atoms with van der Waals surface area (Å²) in [6.45, 7) is 5.37. The van der Waals surface area contributed by atoms with Crippen LogP contribution in [0.3, 0.4) is 0 Å². The topological polar surface area (TPSA) is 61.7 Å². The third-order valence-electron chi connectivity index (χ3n) is 4.13. The number of ether oxygens (including phenoxy) is 1. The lowest BCUT2D eigenvalue weighted by Crippen LogP contribution is -2.38. The fourth-order valence-electron chi connectivity index (χ4n) is 2.79. The number of aliphatic hydroxyl groups excluding tert-OH is 2. The maximum atomic E-state index is 9.91. The van der Waals surface area contributed by atoms with Crippen molar-refractivity contribution in [3.63, 3.8) is 0 Å². The van der Waals surface area contributed by atoms with E-state index in [1.54, 1.807) is 0 Å². The molecule has 0 saturated heterocycles. The summed E-state index contributed by atoms with van der Waals surface area (Å²) in [6, 6.07) is 0.234. The van der Waals surface area contributed by atoms with Gasteiger partial charge in [-0.05, 0) is 32.1 Å². The summed E-state index contributed by atoms with van der Waals surface area (Å²) in [5.41, 5.74) is 0. The van der Waals surface area contributed by atoms with E-state index in [2.05, 4.69) is 12.2 Å². The third-order valence-corrected chi connectivity index (χ3v) is 4.13. The van der Waals surface area contributed by atoms with Gasteiger partial charge in [0.25, 0.3) is 0 Å². The molecule has 4 nitrogen and oxygen atoms in total. The molecule has 19 heavy (non-hydrogen) atoms. The molecule has 0 aromatic rings. The van der Waals surface area contributed by atoms with Crippen molar-refractivity contribution in [3.05, 3.63) is 0 Å². The van der Waals surface area contributed by atoms with Crippen LogP contribution in [0.5, 0.6) is 0 Å². The Hall–Kier alpha value is -0.160. The Morgan fingerprint density at radius 2 is 2.05 bits per heavy atom. The summed E-state index contributed by atoms with van der Waals surface area (Å²) in [5.74, 6) is 0.669. The van der Waals surface area contributed by atoms with Gasteiger partial charge in [0.1, 0.15) is 0 Å². The lowest BCUT2D eigenvalue weighted by atomic mass is 9.85. The molecular formula is C15H31NO3. The van der Waals surface area contributed by atoms with Crippen LogP contribution in [-0.4, -0.2) is 48.2 Å². The van der Waals surface area contributed by atoms with Gasteiger partial charge in [0.2, 0.25) is 0 Å². The first-order valence-corrected chi connectivity index (χ1v) is 7.81. The number of hydrogen-bond acceptors (Lipinski definition) is 4. The lowest BCUT2D eigenvalue weighted by Gasteiger charge is -2.31. The third kappa shape index (κ3) is 6.70. The van der Waals surface area contributed by atoms with Crippen LogP contribution in [0.15, 0.2) is 0 Å². The van der Waals surface area contributed by atoms with E-state index in [-0.39, 0.29) is 12.6 Å². The zero-order chi connectivity index (χ0) is 14.1. The minimum absolute atomic E-state index is 0.182. The molecule has 0 radical (unpaired) electrons. The predicted octanol–water partition coefficient (Wildman–Crippen LogP) is 1.69. The first-order chi connectivity index (χ1) is 9.17. The first kappa shape index (κ1) is 16.9. The van der Waals surface area contributed by atoms with Gasteiger partial charge in [-0.2, -0.15) is 0 Å². The van der Waals surface area contributed by atoms with Gasteiger partial charge in [0.15, 0.2) is 0 Å². The highest BCUT2D eigenvalue weighted by atomic mass is 16.5. The van der Waals surface area contributed by atoms with Gasteiger partial charge in [0.05, 0.1) is 18.8 Å². The fourth-order valence-corrected chi connectivity index (χ4v) is 2.79. The molecule has 0 spiro atoms. The van der Waals surface area contributed by atoms with Gasteiger partial charge in [0, 0.05) is 19.2 Å². The maximum Gasteiger partial charge on any atom is 0.0897 e. The SMILES string of the molecule is CCC1CCCCC1OCC(O)CNC(C)CCO. The molecule has 4 heteroatoms. The number of rotatable bonds is 9. The van der Waals surface area contributed by atoms with Crippen LogP contribution in [0.1, 0.15) is 52.4 Å². The molecular weight excluding hydrogens is 242 g/mol. The monoisotopic (exact) mass is 273 g/mol. The van der Waals surface area contributed by atoms with Gasteiger partial charge in [-0.1, -0.05) is 26.2 Å². The van der Waals surface area contributed by atoms with Gasteiger partial charge in [-0.3, -0.25) is 0 Å². The molecule has 114 valence electrons. The molecule has 1 saturated carbocycles. The molecule has 1 rings (SSSR count). The molecule has 4 atom stereocenters. The van der Waals surface area contributed by atoms with Gasteiger partial charge >= 0.3 is 0 Å². The summed E-state index contributed by atoms with van der Waals surface area (Å²) in [5, 5.41) is 21.9. The highest BCUT2D eigenvalue weighted by Crippen LogP contribution is 2.29. The molecule has 1 fully saturated rings. The van der Waals surface area contributed by atoms with Gasteiger partial charge < -0.3 is 20.3 Å². The standard InChI is InChI=1S/C15H31NO3/c1-3-13-6-4-5-7-15(13)19-11-14(18)10-16-12(2)8-9-17/h12-18H,3-11H2,1-2H3. The molecule has 0 heterocycles. The van der Waals surface area contributed by atoms with Crippen LogP contribution in [0.2, 0.25) is 0 Å². The van der Waals surface area contributed by atoms with Gasteiger partial charge in [-0.25, -0.2) is 0 Å². The molecule has 1 aliphatic rings. The van der Waals surface area contributed by atoms with E-state index in [4.69, 9.17) is 9.84 Å². The summed E-state index contributed by atoms with van der Waals surface area (Å²) < 4.78 is 5.90. The Morgan fingerprint density at radius 3 is 2.74 bits per heavy atom. The lowest BCUT2D eigenvalue weighted by molar-refractivity contribution is -0.0503. The second-order valence-corrected chi connectivity index (χ2v) is 5.80. The molecule has 1 aliphatic carbocycles. The highest BCUT2D eigenvalue weighted by Gasteiger charge is 2.24. The predicted molar refractivity (Wildman–Crippen MR) is 77.2 cm³/mol. The minimum atomic E-state index is -0.458. The summed E-state index contributed by atoms with van der Waals surface area (Å²) in [6.07, 6.45) is 6.75. The van der Waals surface area contributed by atoms with E-state index < -0.39 is 6.10 Å². The minimum Gasteiger partial charge on any atom is -0.396 e. The van der Waals surface area contributed by atoms with E-state index in [1.807, 2.05) is 6.92 Å². The molecule has 0 aromatic heterocycles. The average molecular weight is 273 g/mol. The number of hydrogen-bond donors (Lipinski definition) is 3. The summed E-state index contributed by atoms with van der Waals surface area (Å²) in [4.78, 5) is 0. The van der Waals surface area contributed by atoms with E-state index in [1.165, 1.54) is 25.7 Å². The molecule has 0 amide bonds.